The molecule has 21 heavy (non-hydrogen) atoms. The topological polar surface area (TPSA) is 37.4 Å². The Morgan fingerprint density at radius 3 is 2.62 bits per heavy atom. The molecular formula is C16H25N3OS. The third-order valence-electron chi connectivity index (χ3n) is 4.85. The molecule has 0 spiro atoms. The highest BCUT2D eigenvalue weighted by Crippen LogP contribution is 2.44. The molecule has 0 unspecified atom stereocenters. The zero-order valence-corrected chi connectivity index (χ0v) is 13.6. The van der Waals surface area contributed by atoms with Crippen molar-refractivity contribution in [3.63, 3.8) is 0 Å². The fourth-order valence-electron chi connectivity index (χ4n) is 3.06. The van der Waals surface area contributed by atoms with Crippen molar-refractivity contribution in [2.45, 2.75) is 63.1 Å². The normalized spacial score (nSPS) is 23.5. The number of hydrogen-bond acceptors (Lipinski definition) is 5. The standard InChI is InChI=1S/C16H25N3OS/c1-19(13-6-8-20-9-7-13)16-18-15(11-2-3-11)14(21-16)10-17-12-4-5-12/h11-13,17H,2-10H2,1H3. The third kappa shape index (κ3) is 3.25. The first kappa shape index (κ1) is 14.0. The van der Waals surface area contributed by atoms with E-state index in [-0.39, 0.29) is 0 Å². The first-order valence-corrected chi connectivity index (χ1v) is 9.16. The number of aromatic nitrogens is 1. The summed E-state index contributed by atoms with van der Waals surface area (Å²) in [5.41, 5.74) is 1.39. The zero-order valence-electron chi connectivity index (χ0n) is 12.8. The highest BCUT2D eigenvalue weighted by Gasteiger charge is 2.32. The van der Waals surface area contributed by atoms with Crippen molar-refractivity contribution in [1.29, 1.82) is 0 Å². The number of thiazole rings is 1. The van der Waals surface area contributed by atoms with Crippen LogP contribution in [0.15, 0.2) is 0 Å². The number of hydrogen-bond donors (Lipinski definition) is 1. The van der Waals surface area contributed by atoms with Gasteiger partial charge in [-0.05, 0) is 38.5 Å². The Morgan fingerprint density at radius 2 is 1.95 bits per heavy atom. The minimum absolute atomic E-state index is 0.598. The number of anilines is 1. The van der Waals surface area contributed by atoms with Crippen molar-refractivity contribution < 1.29 is 4.74 Å². The molecule has 0 radical (unpaired) electrons. The zero-order chi connectivity index (χ0) is 14.2. The first-order chi connectivity index (χ1) is 10.3. The van der Waals surface area contributed by atoms with Crippen molar-refractivity contribution in [2.24, 2.45) is 0 Å². The predicted octanol–water partition coefficient (Wildman–Crippen LogP) is 2.89. The smallest absolute Gasteiger partial charge is 0.185 e. The number of nitrogens with one attached hydrogen (secondary N) is 1. The summed E-state index contributed by atoms with van der Waals surface area (Å²) in [5.74, 6) is 0.745. The van der Waals surface area contributed by atoms with Crippen LogP contribution in [0.3, 0.4) is 0 Å². The summed E-state index contributed by atoms with van der Waals surface area (Å²) < 4.78 is 5.48. The molecule has 4 rings (SSSR count). The molecule has 116 valence electrons. The summed E-state index contributed by atoms with van der Waals surface area (Å²) in [7, 11) is 2.21. The minimum Gasteiger partial charge on any atom is -0.381 e. The van der Waals surface area contributed by atoms with E-state index in [1.54, 1.807) is 0 Å². The second-order valence-corrected chi connectivity index (χ2v) is 7.75. The predicted molar refractivity (Wildman–Crippen MR) is 86.2 cm³/mol. The minimum atomic E-state index is 0.598. The first-order valence-electron chi connectivity index (χ1n) is 8.35. The summed E-state index contributed by atoms with van der Waals surface area (Å²) in [4.78, 5) is 8.90. The molecule has 0 bridgehead atoms. The van der Waals surface area contributed by atoms with Gasteiger partial charge in [0.2, 0.25) is 0 Å². The van der Waals surface area contributed by atoms with Crippen molar-refractivity contribution >= 4 is 16.5 Å². The van der Waals surface area contributed by atoms with Crippen molar-refractivity contribution in [2.75, 3.05) is 25.2 Å². The summed E-state index contributed by atoms with van der Waals surface area (Å²) in [6.45, 7) is 2.81. The van der Waals surface area contributed by atoms with Gasteiger partial charge in [-0.25, -0.2) is 4.98 Å². The Labute approximate surface area is 130 Å². The van der Waals surface area contributed by atoms with Crippen LogP contribution >= 0.6 is 11.3 Å². The van der Waals surface area contributed by atoms with Gasteiger partial charge in [-0.15, -0.1) is 11.3 Å². The summed E-state index contributed by atoms with van der Waals surface area (Å²) in [6, 6.07) is 1.37. The Bertz CT molecular complexity index is 490. The van der Waals surface area contributed by atoms with E-state index < -0.39 is 0 Å². The maximum absolute atomic E-state index is 5.48. The maximum atomic E-state index is 5.48. The molecule has 0 aromatic carbocycles. The van der Waals surface area contributed by atoms with E-state index in [1.165, 1.54) is 41.4 Å². The summed E-state index contributed by atoms with van der Waals surface area (Å²) in [6.07, 6.45) is 7.63. The largest absolute Gasteiger partial charge is 0.381 e. The lowest BCUT2D eigenvalue weighted by Gasteiger charge is -2.30. The maximum Gasteiger partial charge on any atom is 0.185 e. The van der Waals surface area contributed by atoms with Gasteiger partial charge in [-0.1, -0.05) is 0 Å². The molecule has 2 heterocycles. The van der Waals surface area contributed by atoms with E-state index in [4.69, 9.17) is 9.72 Å². The fraction of sp³-hybridized carbons (Fsp3) is 0.812. The molecule has 3 aliphatic rings. The summed E-state index contributed by atoms with van der Waals surface area (Å²) >= 11 is 1.91. The molecule has 1 aliphatic heterocycles. The molecule has 2 aliphatic carbocycles. The van der Waals surface area contributed by atoms with Gasteiger partial charge in [0.25, 0.3) is 0 Å². The van der Waals surface area contributed by atoms with Gasteiger partial charge in [0, 0.05) is 49.7 Å². The van der Waals surface area contributed by atoms with Gasteiger partial charge >= 0.3 is 0 Å². The third-order valence-corrected chi connectivity index (χ3v) is 6.01. The van der Waals surface area contributed by atoms with Crippen molar-refractivity contribution in [1.82, 2.24) is 10.3 Å². The van der Waals surface area contributed by atoms with Crippen LogP contribution in [0, 0.1) is 0 Å². The van der Waals surface area contributed by atoms with Crippen LogP contribution in [-0.2, 0) is 11.3 Å². The molecule has 1 aromatic rings. The molecule has 1 aromatic heterocycles. The van der Waals surface area contributed by atoms with E-state index >= 15 is 0 Å². The van der Waals surface area contributed by atoms with Gasteiger partial charge in [-0.2, -0.15) is 0 Å². The van der Waals surface area contributed by atoms with Gasteiger partial charge in [-0.3, -0.25) is 0 Å². The van der Waals surface area contributed by atoms with E-state index in [9.17, 15) is 0 Å². The van der Waals surface area contributed by atoms with Crippen LogP contribution in [0.2, 0.25) is 0 Å². The Balaban J connectivity index is 1.49. The van der Waals surface area contributed by atoms with E-state index in [0.29, 0.717) is 6.04 Å². The fourth-order valence-corrected chi connectivity index (χ4v) is 4.19. The quantitative estimate of drug-likeness (QED) is 0.877. The molecule has 0 amide bonds. The van der Waals surface area contributed by atoms with Crippen LogP contribution in [-0.4, -0.2) is 37.3 Å². The number of rotatable bonds is 6. The van der Waals surface area contributed by atoms with Crippen molar-refractivity contribution in [3.05, 3.63) is 10.6 Å². The highest BCUT2D eigenvalue weighted by molar-refractivity contribution is 7.15. The molecule has 2 saturated carbocycles. The highest BCUT2D eigenvalue weighted by atomic mass is 32.1. The van der Waals surface area contributed by atoms with E-state index in [0.717, 1.165) is 44.6 Å². The van der Waals surface area contributed by atoms with Gasteiger partial charge in [0.1, 0.15) is 0 Å². The van der Waals surface area contributed by atoms with Crippen molar-refractivity contribution in [3.8, 4) is 0 Å². The van der Waals surface area contributed by atoms with E-state index in [2.05, 4.69) is 17.3 Å². The average molecular weight is 307 g/mol. The molecule has 1 saturated heterocycles. The molecule has 0 atom stereocenters. The Kier molecular flexibility index (Phi) is 3.90. The van der Waals surface area contributed by atoms with Gasteiger partial charge in [0.15, 0.2) is 5.13 Å². The lowest BCUT2D eigenvalue weighted by molar-refractivity contribution is 0.0855. The van der Waals surface area contributed by atoms with Crippen LogP contribution in [0.1, 0.15) is 55.0 Å². The van der Waals surface area contributed by atoms with Crippen LogP contribution in [0.25, 0.3) is 0 Å². The van der Waals surface area contributed by atoms with Gasteiger partial charge < -0.3 is 15.0 Å². The second kappa shape index (κ2) is 5.86. The van der Waals surface area contributed by atoms with Crippen LogP contribution in [0.5, 0.6) is 0 Å². The average Bonchev–Trinajstić information content (AvgIpc) is 3.44. The molecular weight excluding hydrogens is 282 g/mol. The Morgan fingerprint density at radius 1 is 1.19 bits per heavy atom. The second-order valence-electron chi connectivity index (χ2n) is 6.69. The lowest BCUT2D eigenvalue weighted by atomic mass is 10.1. The van der Waals surface area contributed by atoms with Crippen LogP contribution < -0.4 is 10.2 Å². The molecule has 1 N–H and O–H groups in total. The molecule has 4 nitrogen and oxygen atoms in total. The van der Waals surface area contributed by atoms with Gasteiger partial charge in [0.05, 0.1) is 5.69 Å². The van der Waals surface area contributed by atoms with E-state index in [1.807, 2.05) is 11.3 Å². The van der Waals surface area contributed by atoms with Crippen LogP contribution in [0.4, 0.5) is 5.13 Å². The monoisotopic (exact) mass is 307 g/mol. The molecule has 5 heteroatoms. The summed E-state index contributed by atoms with van der Waals surface area (Å²) in [5, 5.41) is 4.88. The Hall–Kier alpha value is -0.650. The number of ether oxygens (including phenoxy) is 1. The number of nitrogens with zero attached hydrogens (tertiary/aromatic N) is 2. The lowest BCUT2D eigenvalue weighted by Crippen LogP contribution is -2.36. The molecule has 3 fully saturated rings. The SMILES string of the molecule is CN(c1nc(C2CC2)c(CNC2CC2)s1)C1CCOCC1.